The minimum atomic E-state index is -0.228. The van der Waals surface area contributed by atoms with Crippen molar-refractivity contribution in [1.82, 2.24) is 4.57 Å². The van der Waals surface area contributed by atoms with Gasteiger partial charge in [0.05, 0.1) is 5.69 Å². The third kappa shape index (κ3) is 2.05. The van der Waals surface area contributed by atoms with Gasteiger partial charge in [-0.1, -0.05) is 30.3 Å². The summed E-state index contributed by atoms with van der Waals surface area (Å²) in [5.74, 6) is 0. The molecule has 2 rings (SSSR count). The van der Waals surface area contributed by atoms with Crippen LogP contribution >= 0.6 is 0 Å². The van der Waals surface area contributed by atoms with Crippen LogP contribution in [-0.2, 0) is 0 Å². The van der Waals surface area contributed by atoms with Crippen LogP contribution in [0.25, 0.3) is 11.3 Å². The number of benzene rings is 1. The number of nitriles is 1. The van der Waals surface area contributed by atoms with Crippen LogP contribution in [0.1, 0.15) is 25.5 Å². The first kappa shape index (κ1) is 12.1. The van der Waals surface area contributed by atoms with Gasteiger partial charge >= 0.3 is 0 Å². The predicted molar refractivity (Wildman–Crippen MR) is 71.2 cm³/mol. The Morgan fingerprint density at radius 3 is 2.33 bits per heavy atom. The number of nitrogens with zero attached hydrogens (tertiary/aromatic N) is 2. The van der Waals surface area contributed by atoms with Gasteiger partial charge in [0.2, 0.25) is 0 Å². The molecule has 0 amide bonds. The van der Waals surface area contributed by atoms with Crippen molar-refractivity contribution in [3.05, 3.63) is 58.4 Å². The average molecular weight is 238 g/mol. The van der Waals surface area contributed by atoms with Crippen LogP contribution in [0.4, 0.5) is 0 Å². The van der Waals surface area contributed by atoms with E-state index in [1.165, 1.54) is 0 Å². The van der Waals surface area contributed by atoms with Gasteiger partial charge in [-0.25, -0.2) is 0 Å². The van der Waals surface area contributed by atoms with Crippen LogP contribution in [0, 0.1) is 11.3 Å². The van der Waals surface area contributed by atoms with Crippen LogP contribution in [0.5, 0.6) is 0 Å². The van der Waals surface area contributed by atoms with Crippen LogP contribution in [0.15, 0.2) is 47.3 Å². The number of rotatable bonds is 2. The van der Waals surface area contributed by atoms with E-state index in [1.54, 1.807) is 10.6 Å². The molecule has 0 spiro atoms. The van der Waals surface area contributed by atoms with Gasteiger partial charge in [0, 0.05) is 6.04 Å². The number of pyridine rings is 1. The van der Waals surface area contributed by atoms with Gasteiger partial charge in [-0.15, -0.1) is 0 Å². The molecule has 0 unspecified atom stereocenters. The van der Waals surface area contributed by atoms with Gasteiger partial charge in [0.1, 0.15) is 11.6 Å². The second-order valence-corrected chi connectivity index (χ2v) is 4.38. The molecule has 0 aliphatic carbocycles. The third-order valence-electron chi connectivity index (χ3n) is 2.82. The van der Waals surface area contributed by atoms with E-state index in [9.17, 15) is 4.79 Å². The second-order valence-electron chi connectivity index (χ2n) is 4.38. The zero-order chi connectivity index (χ0) is 13.1. The maximum Gasteiger partial charge on any atom is 0.269 e. The smallest absolute Gasteiger partial charge is 0.269 e. The van der Waals surface area contributed by atoms with E-state index in [0.717, 1.165) is 11.3 Å². The summed E-state index contributed by atoms with van der Waals surface area (Å²) in [6.45, 7) is 3.88. The fraction of sp³-hybridized carbons (Fsp3) is 0.200. The van der Waals surface area contributed by atoms with E-state index in [-0.39, 0.29) is 17.2 Å². The molecule has 1 aromatic carbocycles. The quantitative estimate of drug-likeness (QED) is 0.807. The number of hydrogen-bond donors (Lipinski definition) is 0. The molecule has 1 heterocycles. The van der Waals surface area contributed by atoms with Crippen LogP contribution in [-0.4, -0.2) is 4.57 Å². The molecule has 0 saturated carbocycles. The zero-order valence-corrected chi connectivity index (χ0v) is 10.4. The summed E-state index contributed by atoms with van der Waals surface area (Å²) in [6, 6.07) is 15.1. The van der Waals surface area contributed by atoms with Crippen molar-refractivity contribution in [2.75, 3.05) is 0 Å². The van der Waals surface area contributed by atoms with Gasteiger partial charge in [-0.3, -0.25) is 4.79 Å². The highest BCUT2D eigenvalue weighted by Gasteiger charge is 2.12. The minimum Gasteiger partial charge on any atom is -0.305 e. The molecule has 2 aromatic rings. The molecule has 0 saturated heterocycles. The Bertz CT molecular complexity index is 648. The Balaban J connectivity index is 2.74. The third-order valence-corrected chi connectivity index (χ3v) is 2.82. The fourth-order valence-corrected chi connectivity index (χ4v) is 2.00. The fourth-order valence-electron chi connectivity index (χ4n) is 2.00. The molecule has 0 atom stereocenters. The van der Waals surface area contributed by atoms with Gasteiger partial charge in [-0.05, 0) is 31.5 Å². The van der Waals surface area contributed by atoms with Crippen molar-refractivity contribution in [3.8, 4) is 17.3 Å². The number of aromatic nitrogens is 1. The summed E-state index contributed by atoms with van der Waals surface area (Å²) in [4.78, 5) is 12.2. The summed E-state index contributed by atoms with van der Waals surface area (Å²) in [5, 5.41) is 8.92. The van der Waals surface area contributed by atoms with Crippen molar-refractivity contribution < 1.29 is 0 Å². The van der Waals surface area contributed by atoms with Gasteiger partial charge < -0.3 is 4.57 Å². The summed E-state index contributed by atoms with van der Waals surface area (Å²) in [6.07, 6.45) is 0. The standard InChI is InChI=1S/C15H14N2O/c1-11(2)17-14(12-6-4-3-5-7-12)9-8-13(10-16)15(17)18/h3-9,11H,1-2H3. The Kier molecular flexibility index (Phi) is 3.29. The normalized spacial score (nSPS) is 10.3. The highest BCUT2D eigenvalue weighted by molar-refractivity contribution is 5.60. The molecule has 0 radical (unpaired) electrons. The van der Waals surface area contributed by atoms with E-state index in [0.29, 0.717) is 0 Å². The molecule has 0 N–H and O–H groups in total. The minimum absolute atomic E-state index is 0.0148. The van der Waals surface area contributed by atoms with Crippen molar-refractivity contribution in [1.29, 1.82) is 5.26 Å². The van der Waals surface area contributed by atoms with Crippen LogP contribution in [0.3, 0.4) is 0 Å². The van der Waals surface area contributed by atoms with Crippen LogP contribution < -0.4 is 5.56 Å². The maximum absolute atomic E-state index is 12.2. The van der Waals surface area contributed by atoms with Crippen molar-refractivity contribution in [3.63, 3.8) is 0 Å². The van der Waals surface area contributed by atoms with E-state index in [2.05, 4.69) is 0 Å². The van der Waals surface area contributed by atoms with Crippen LogP contribution in [0.2, 0.25) is 0 Å². The summed E-state index contributed by atoms with van der Waals surface area (Å²) >= 11 is 0. The molecule has 3 heteroatoms. The lowest BCUT2D eigenvalue weighted by molar-refractivity contribution is 0.584. The van der Waals surface area contributed by atoms with E-state index < -0.39 is 0 Å². The molecule has 90 valence electrons. The van der Waals surface area contributed by atoms with E-state index in [4.69, 9.17) is 5.26 Å². The highest BCUT2D eigenvalue weighted by Crippen LogP contribution is 2.20. The molecule has 1 aromatic heterocycles. The van der Waals surface area contributed by atoms with Gasteiger partial charge in [0.15, 0.2) is 0 Å². The van der Waals surface area contributed by atoms with Crippen molar-refractivity contribution in [2.45, 2.75) is 19.9 Å². The molecule has 3 nitrogen and oxygen atoms in total. The van der Waals surface area contributed by atoms with Crippen molar-refractivity contribution in [2.24, 2.45) is 0 Å². The lowest BCUT2D eigenvalue weighted by Gasteiger charge is -2.16. The van der Waals surface area contributed by atoms with Gasteiger partial charge in [-0.2, -0.15) is 5.26 Å². The monoisotopic (exact) mass is 238 g/mol. The van der Waals surface area contributed by atoms with Crippen molar-refractivity contribution >= 4 is 0 Å². The molecule has 0 fully saturated rings. The SMILES string of the molecule is CC(C)n1c(-c2ccccc2)ccc(C#N)c1=O. The Hall–Kier alpha value is -2.34. The largest absolute Gasteiger partial charge is 0.305 e. The van der Waals surface area contributed by atoms with E-state index in [1.807, 2.05) is 56.3 Å². The van der Waals surface area contributed by atoms with Gasteiger partial charge in [0.25, 0.3) is 5.56 Å². The Labute approximate surface area is 106 Å². The van der Waals surface area contributed by atoms with E-state index >= 15 is 0 Å². The molecule has 0 aliphatic heterocycles. The summed E-state index contributed by atoms with van der Waals surface area (Å²) < 4.78 is 1.66. The zero-order valence-electron chi connectivity index (χ0n) is 10.4. The first-order chi connectivity index (χ1) is 8.65. The average Bonchev–Trinajstić information content (AvgIpc) is 2.39. The highest BCUT2D eigenvalue weighted by atomic mass is 16.1. The summed E-state index contributed by atoms with van der Waals surface area (Å²) in [5.41, 5.74) is 1.78. The predicted octanol–water partition coefficient (Wildman–Crippen LogP) is 2.97. The molecular weight excluding hydrogens is 224 g/mol. The molecular formula is C15H14N2O. The molecule has 18 heavy (non-hydrogen) atoms. The lowest BCUT2D eigenvalue weighted by atomic mass is 10.1. The second kappa shape index (κ2) is 4.89. The first-order valence-electron chi connectivity index (χ1n) is 5.86. The molecule has 0 aliphatic rings. The topological polar surface area (TPSA) is 45.8 Å². The Morgan fingerprint density at radius 2 is 1.78 bits per heavy atom. The first-order valence-corrected chi connectivity index (χ1v) is 5.86. The maximum atomic E-state index is 12.2. The summed E-state index contributed by atoms with van der Waals surface area (Å²) in [7, 11) is 0. The lowest BCUT2D eigenvalue weighted by Crippen LogP contribution is -2.25. The molecule has 0 bridgehead atoms. The number of hydrogen-bond acceptors (Lipinski definition) is 2. The Morgan fingerprint density at radius 1 is 1.11 bits per heavy atom.